The van der Waals surface area contributed by atoms with E-state index in [9.17, 15) is 4.79 Å². The molecule has 0 unspecified atom stereocenters. The maximum absolute atomic E-state index is 12.2. The molecule has 4 rings (SSSR count). The molecule has 0 aliphatic heterocycles. The minimum atomic E-state index is -0.111. The topological polar surface area (TPSA) is 105 Å². The number of rotatable bonds is 7. The van der Waals surface area contributed by atoms with Crippen molar-refractivity contribution in [1.82, 2.24) is 25.5 Å². The molecule has 9 heteroatoms. The van der Waals surface area contributed by atoms with Crippen LogP contribution in [0.2, 0.25) is 0 Å². The van der Waals surface area contributed by atoms with Crippen molar-refractivity contribution in [2.75, 3.05) is 23.7 Å². The Balaban J connectivity index is 1.24. The zero-order chi connectivity index (χ0) is 19.2. The number of carbonyl (C=O) groups excluding carboxylic acids is 1. The van der Waals surface area contributed by atoms with E-state index in [-0.39, 0.29) is 5.91 Å². The molecule has 3 aromatic heterocycles. The lowest BCUT2D eigenvalue weighted by Crippen LogP contribution is -2.28. The first-order valence-electron chi connectivity index (χ1n) is 8.64. The lowest BCUT2D eigenvalue weighted by Gasteiger charge is -2.08. The number of aromatic nitrogens is 4. The van der Waals surface area contributed by atoms with E-state index in [0.717, 1.165) is 15.9 Å². The molecule has 140 valence electrons. The summed E-state index contributed by atoms with van der Waals surface area (Å²) in [5, 5.41) is 17.4. The second-order valence-corrected chi connectivity index (χ2v) is 6.77. The van der Waals surface area contributed by atoms with Crippen molar-refractivity contribution in [2.45, 2.75) is 0 Å². The smallest absolute Gasteiger partial charge is 0.251 e. The van der Waals surface area contributed by atoms with Crippen LogP contribution in [-0.2, 0) is 0 Å². The molecule has 3 heterocycles. The molecule has 0 aliphatic rings. The van der Waals surface area contributed by atoms with Crippen LogP contribution >= 0.6 is 11.3 Å². The van der Waals surface area contributed by atoms with E-state index >= 15 is 0 Å². The number of nitrogens with one attached hydrogen (secondary N) is 3. The summed E-state index contributed by atoms with van der Waals surface area (Å²) in [6.45, 7) is 1.01. The largest absolute Gasteiger partial charge is 0.367 e. The van der Waals surface area contributed by atoms with E-state index in [0.29, 0.717) is 30.3 Å². The third kappa shape index (κ3) is 4.38. The van der Waals surface area contributed by atoms with Crippen molar-refractivity contribution in [3.05, 3.63) is 65.9 Å². The Morgan fingerprint density at radius 1 is 0.964 bits per heavy atom. The van der Waals surface area contributed by atoms with Crippen LogP contribution in [0.15, 0.2) is 60.4 Å². The summed E-state index contributed by atoms with van der Waals surface area (Å²) in [5.74, 6) is 1.17. The summed E-state index contributed by atoms with van der Waals surface area (Å²) in [5.41, 5.74) is 4.20. The van der Waals surface area contributed by atoms with Gasteiger partial charge in [-0.1, -0.05) is 0 Å². The molecule has 28 heavy (non-hydrogen) atoms. The van der Waals surface area contributed by atoms with E-state index in [1.54, 1.807) is 24.0 Å². The highest BCUT2D eigenvalue weighted by Crippen LogP contribution is 2.19. The molecule has 0 aliphatic carbocycles. The van der Waals surface area contributed by atoms with Gasteiger partial charge in [0.15, 0.2) is 5.82 Å². The van der Waals surface area contributed by atoms with Crippen LogP contribution in [0.1, 0.15) is 10.4 Å². The Labute approximate surface area is 165 Å². The van der Waals surface area contributed by atoms with Gasteiger partial charge in [0.05, 0.1) is 15.7 Å². The predicted octanol–water partition coefficient (Wildman–Crippen LogP) is 3.07. The van der Waals surface area contributed by atoms with Crippen molar-refractivity contribution >= 4 is 44.8 Å². The highest BCUT2D eigenvalue weighted by molar-refractivity contribution is 7.16. The van der Waals surface area contributed by atoms with Gasteiger partial charge in [0.1, 0.15) is 5.82 Å². The monoisotopic (exact) mass is 391 g/mol. The number of nitrogens with zero attached hydrogens (tertiary/aromatic N) is 4. The van der Waals surface area contributed by atoms with Gasteiger partial charge in [-0.2, -0.15) is 0 Å². The summed E-state index contributed by atoms with van der Waals surface area (Å²) in [4.78, 5) is 20.4. The normalized spacial score (nSPS) is 10.6. The molecule has 0 atom stereocenters. The van der Waals surface area contributed by atoms with E-state index in [1.807, 2.05) is 36.4 Å². The van der Waals surface area contributed by atoms with E-state index in [1.165, 1.54) is 11.3 Å². The Hall–Kier alpha value is -3.59. The van der Waals surface area contributed by atoms with Crippen molar-refractivity contribution in [1.29, 1.82) is 0 Å². The summed E-state index contributed by atoms with van der Waals surface area (Å²) < 4.78 is 1.00. The maximum Gasteiger partial charge on any atom is 0.251 e. The number of hydrogen-bond donors (Lipinski definition) is 3. The second-order valence-electron chi connectivity index (χ2n) is 5.88. The van der Waals surface area contributed by atoms with Crippen LogP contribution in [-0.4, -0.2) is 39.2 Å². The third-order valence-electron chi connectivity index (χ3n) is 3.93. The first kappa shape index (κ1) is 17.8. The van der Waals surface area contributed by atoms with Crippen molar-refractivity contribution in [2.24, 2.45) is 0 Å². The lowest BCUT2D eigenvalue weighted by molar-refractivity contribution is 0.0955. The summed E-state index contributed by atoms with van der Waals surface area (Å²) in [6, 6.07) is 12.9. The summed E-state index contributed by atoms with van der Waals surface area (Å²) in [7, 11) is 0. The average molecular weight is 391 g/mol. The van der Waals surface area contributed by atoms with E-state index < -0.39 is 0 Å². The van der Waals surface area contributed by atoms with Crippen LogP contribution in [0.4, 0.5) is 17.3 Å². The highest BCUT2D eigenvalue weighted by Gasteiger charge is 2.07. The minimum absolute atomic E-state index is 0.111. The Bertz CT molecular complexity index is 1070. The van der Waals surface area contributed by atoms with Gasteiger partial charge >= 0.3 is 0 Å². The van der Waals surface area contributed by atoms with Gasteiger partial charge in [-0.3, -0.25) is 9.78 Å². The second kappa shape index (κ2) is 8.40. The predicted molar refractivity (Wildman–Crippen MR) is 110 cm³/mol. The standard InChI is InChI=1S/C19H17N7OS/c27-19(13-1-2-15-16(11-13)28-12-23-15)22-10-9-21-17-3-4-18(26-25-17)24-14-5-7-20-8-6-14/h1-8,11-12H,9-10H2,(H,21,25)(H,22,27)(H,20,24,26). The zero-order valence-electron chi connectivity index (χ0n) is 14.8. The van der Waals surface area contributed by atoms with E-state index in [4.69, 9.17) is 0 Å². The molecule has 1 amide bonds. The summed E-state index contributed by atoms with van der Waals surface area (Å²) in [6.07, 6.45) is 3.41. The first-order chi connectivity index (χ1) is 13.8. The van der Waals surface area contributed by atoms with Gasteiger partial charge in [-0.25, -0.2) is 4.98 Å². The SMILES string of the molecule is O=C(NCCNc1ccc(Nc2ccncc2)nn1)c1ccc2ncsc2c1. The maximum atomic E-state index is 12.2. The van der Waals surface area contributed by atoms with Crippen LogP contribution in [0.3, 0.4) is 0 Å². The fourth-order valence-electron chi connectivity index (χ4n) is 2.54. The van der Waals surface area contributed by atoms with Crippen LogP contribution in [0.25, 0.3) is 10.2 Å². The molecule has 0 spiro atoms. The molecule has 0 radical (unpaired) electrons. The van der Waals surface area contributed by atoms with Crippen molar-refractivity contribution in [3.8, 4) is 0 Å². The lowest BCUT2D eigenvalue weighted by atomic mass is 10.2. The number of carbonyl (C=O) groups is 1. The van der Waals surface area contributed by atoms with Gasteiger partial charge in [0.2, 0.25) is 0 Å². The third-order valence-corrected chi connectivity index (χ3v) is 4.72. The number of hydrogen-bond acceptors (Lipinski definition) is 8. The number of thiazole rings is 1. The molecule has 8 nitrogen and oxygen atoms in total. The average Bonchev–Trinajstić information content (AvgIpc) is 3.21. The fraction of sp³-hybridized carbons (Fsp3) is 0.105. The first-order valence-corrected chi connectivity index (χ1v) is 9.52. The quantitative estimate of drug-likeness (QED) is 0.416. The van der Waals surface area contributed by atoms with Crippen LogP contribution < -0.4 is 16.0 Å². The molecule has 3 N–H and O–H groups in total. The molecule has 0 fully saturated rings. The number of pyridine rings is 1. The number of fused-ring (bicyclic) bond motifs is 1. The van der Waals surface area contributed by atoms with E-state index in [2.05, 4.69) is 36.1 Å². The molecule has 0 saturated heterocycles. The van der Waals surface area contributed by atoms with Gasteiger partial charge < -0.3 is 16.0 Å². The Morgan fingerprint density at radius 3 is 2.61 bits per heavy atom. The molecule has 4 aromatic rings. The molecule has 0 saturated carbocycles. The zero-order valence-corrected chi connectivity index (χ0v) is 15.6. The Morgan fingerprint density at radius 2 is 1.79 bits per heavy atom. The fourth-order valence-corrected chi connectivity index (χ4v) is 3.26. The highest BCUT2D eigenvalue weighted by atomic mass is 32.1. The minimum Gasteiger partial charge on any atom is -0.367 e. The number of benzene rings is 1. The van der Waals surface area contributed by atoms with Gasteiger partial charge in [-0.15, -0.1) is 21.5 Å². The van der Waals surface area contributed by atoms with Gasteiger partial charge in [-0.05, 0) is 42.5 Å². The van der Waals surface area contributed by atoms with Crippen molar-refractivity contribution < 1.29 is 4.79 Å². The molecular formula is C19H17N7OS. The van der Waals surface area contributed by atoms with Crippen LogP contribution in [0, 0.1) is 0 Å². The number of amides is 1. The number of anilines is 3. The summed E-state index contributed by atoms with van der Waals surface area (Å²) >= 11 is 1.52. The Kier molecular flexibility index (Phi) is 5.34. The van der Waals surface area contributed by atoms with Crippen LogP contribution in [0.5, 0.6) is 0 Å². The van der Waals surface area contributed by atoms with Gasteiger partial charge in [0.25, 0.3) is 5.91 Å². The molecular weight excluding hydrogens is 374 g/mol. The molecule has 0 bridgehead atoms. The van der Waals surface area contributed by atoms with Crippen molar-refractivity contribution in [3.63, 3.8) is 0 Å². The molecule has 1 aromatic carbocycles. The van der Waals surface area contributed by atoms with Gasteiger partial charge in [0, 0.05) is 36.7 Å².